The molecule has 0 saturated carbocycles. The highest BCUT2D eigenvalue weighted by Gasteiger charge is 2.24. The van der Waals surface area contributed by atoms with Gasteiger partial charge in [-0.3, -0.25) is 0 Å². The Morgan fingerprint density at radius 3 is 3.22 bits per heavy atom. The van der Waals surface area contributed by atoms with E-state index in [1.807, 2.05) is 0 Å². The van der Waals surface area contributed by atoms with Crippen LogP contribution >= 0.6 is 34.3 Å². The first-order valence-corrected chi connectivity index (χ1v) is 8.22. The topological polar surface area (TPSA) is 24.9 Å². The fourth-order valence-electron chi connectivity index (χ4n) is 2.44. The predicted molar refractivity (Wildman–Crippen MR) is 78.9 cm³/mol. The van der Waals surface area contributed by atoms with Crippen LogP contribution in [0.25, 0.3) is 0 Å². The number of thiophene rings is 1. The third-order valence-corrected chi connectivity index (χ3v) is 5.45. The Bertz CT molecular complexity index is 547. The van der Waals surface area contributed by atoms with E-state index in [9.17, 15) is 0 Å². The van der Waals surface area contributed by atoms with Crippen molar-refractivity contribution >= 4 is 34.3 Å². The fourth-order valence-corrected chi connectivity index (χ4v) is 4.44. The second-order valence-corrected chi connectivity index (χ2v) is 7.41. The summed E-state index contributed by atoms with van der Waals surface area (Å²) in [5.41, 5.74) is 2.62. The third kappa shape index (κ3) is 2.62. The van der Waals surface area contributed by atoms with E-state index in [1.165, 1.54) is 29.0 Å². The molecule has 0 bridgehead atoms. The number of rotatable bonds is 4. The van der Waals surface area contributed by atoms with Gasteiger partial charge in [-0.1, -0.05) is 11.6 Å². The van der Waals surface area contributed by atoms with Gasteiger partial charge < -0.3 is 5.32 Å². The smallest absolute Gasteiger partial charge is 0.0934 e. The van der Waals surface area contributed by atoms with Crippen LogP contribution in [-0.2, 0) is 12.8 Å². The summed E-state index contributed by atoms with van der Waals surface area (Å²) in [5.74, 6) is 0. The van der Waals surface area contributed by atoms with Gasteiger partial charge in [0.2, 0.25) is 0 Å². The summed E-state index contributed by atoms with van der Waals surface area (Å²) in [6.07, 6.45) is 3.38. The van der Waals surface area contributed by atoms with Gasteiger partial charge >= 0.3 is 0 Å². The number of aromatic nitrogens is 1. The first kappa shape index (κ1) is 12.6. The van der Waals surface area contributed by atoms with Gasteiger partial charge in [-0.05, 0) is 31.4 Å². The number of aryl methyl sites for hydroxylation is 2. The van der Waals surface area contributed by atoms with E-state index in [1.54, 1.807) is 22.7 Å². The minimum Gasteiger partial charge on any atom is -0.309 e. The summed E-state index contributed by atoms with van der Waals surface area (Å²) in [7, 11) is 0. The summed E-state index contributed by atoms with van der Waals surface area (Å²) >= 11 is 9.51. The Balaban J connectivity index is 1.55. The summed E-state index contributed by atoms with van der Waals surface area (Å²) in [6.45, 7) is 3.04. The van der Waals surface area contributed by atoms with Gasteiger partial charge in [0.05, 0.1) is 15.0 Å². The molecule has 0 radical (unpaired) electrons. The van der Waals surface area contributed by atoms with Crippen molar-refractivity contribution in [2.45, 2.75) is 32.2 Å². The number of nitrogens with one attached hydrogen (secondary N) is 1. The van der Waals surface area contributed by atoms with Crippen LogP contribution in [0.15, 0.2) is 11.4 Å². The molecule has 0 saturated heterocycles. The molecule has 2 nitrogen and oxygen atoms in total. The van der Waals surface area contributed by atoms with Crippen LogP contribution in [0.2, 0.25) is 4.34 Å². The second kappa shape index (κ2) is 5.29. The summed E-state index contributed by atoms with van der Waals surface area (Å²) < 4.78 is 0.918. The van der Waals surface area contributed by atoms with Crippen LogP contribution in [0.1, 0.15) is 33.6 Å². The van der Waals surface area contributed by atoms with E-state index in [-0.39, 0.29) is 0 Å². The summed E-state index contributed by atoms with van der Waals surface area (Å²) in [4.78, 5) is 5.94. The van der Waals surface area contributed by atoms with Crippen molar-refractivity contribution < 1.29 is 0 Å². The van der Waals surface area contributed by atoms with Crippen molar-refractivity contribution in [1.82, 2.24) is 10.3 Å². The maximum absolute atomic E-state index is 6.06. The molecule has 1 unspecified atom stereocenters. The lowest BCUT2D eigenvalue weighted by Crippen LogP contribution is -2.21. The second-order valence-electron chi connectivity index (χ2n) is 4.58. The van der Waals surface area contributed by atoms with Gasteiger partial charge in [-0.15, -0.1) is 22.7 Å². The Morgan fingerprint density at radius 1 is 1.56 bits per heavy atom. The van der Waals surface area contributed by atoms with Crippen LogP contribution in [0, 0.1) is 6.92 Å². The average molecular weight is 299 g/mol. The van der Waals surface area contributed by atoms with Crippen molar-refractivity contribution in [3.05, 3.63) is 36.9 Å². The van der Waals surface area contributed by atoms with Crippen LogP contribution in [0.5, 0.6) is 0 Å². The highest BCUT2D eigenvalue weighted by Crippen LogP contribution is 2.39. The highest BCUT2D eigenvalue weighted by atomic mass is 35.5. The molecule has 0 aromatic carbocycles. The van der Waals surface area contributed by atoms with Crippen molar-refractivity contribution in [3.8, 4) is 0 Å². The molecular weight excluding hydrogens is 284 g/mol. The molecule has 18 heavy (non-hydrogen) atoms. The van der Waals surface area contributed by atoms with E-state index in [0.29, 0.717) is 6.04 Å². The van der Waals surface area contributed by atoms with E-state index in [2.05, 4.69) is 28.7 Å². The lowest BCUT2D eigenvalue weighted by molar-refractivity contribution is 0.532. The van der Waals surface area contributed by atoms with Gasteiger partial charge in [-0.25, -0.2) is 4.98 Å². The van der Waals surface area contributed by atoms with E-state index in [0.717, 1.165) is 22.3 Å². The number of fused-ring (bicyclic) bond motifs is 1. The largest absolute Gasteiger partial charge is 0.309 e. The number of hydrogen-bond donors (Lipinski definition) is 1. The molecule has 0 amide bonds. The first-order chi connectivity index (χ1) is 8.72. The van der Waals surface area contributed by atoms with Crippen molar-refractivity contribution in [2.75, 3.05) is 6.54 Å². The average Bonchev–Trinajstić information content (AvgIpc) is 2.97. The molecule has 1 aliphatic carbocycles. The van der Waals surface area contributed by atoms with Gasteiger partial charge in [0.15, 0.2) is 0 Å². The fraction of sp³-hybridized carbons (Fsp3) is 0.462. The minimum atomic E-state index is 0.489. The molecule has 2 aromatic rings. The Labute approximate surface area is 120 Å². The molecule has 5 heteroatoms. The molecule has 1 aliphatic rings. The zero-order chi connectivity index (χ0) is 12.5. The minimum absolute atomic E-state index is 0.489. The molecule has 2 heterocycles. The SMILES string of the molecule is Cc1nc(CCNC2CCc3sc(Cl)cc32)cs1. The Hall–Kier alpha value is -0.420. The summed E-state index contributed by atoms with van der Waals surface area (Å²) in [5, 5.41) is 6.92. The maximum atomic E-state index is 6.06. The van der Waals surface area contributed by atoms with Gasteiger partial charge in [0.25, 0.3) is 0 Å². The van der Waals surface area contributed by atoms with E-state index < -0.39 is 0 Å². The molecule has 0 fully saturated rings. The molecule has 2 aromatic heterocycles. The monoisotopic (exact) mass is 298 g/mol. The van der Waals surface area contributed by atoms with Crippen LogP contribution < -0.4 is 5.32 Å². The van der Waals surface area contributed by atoms with Crippen molar-refractivity contribution in [3.63, 3.8) is 0 Å². The first-order valence-electron chi connectivity index (χ1n) is 6.15. The number of thiazole rings is 1. The zero-order valence-corrected chi connectivity index (χ0v) is 12.6. The Kier molecular flexibility index (Phi) is 3.71. The van der Waals surface area contributed by atoms with Crippen LogP contribution in [0.3, 0.4) is 0 Å². The third-order valence-electron chi connectivity index (χ3n) is 3.29. The van der Waals surface area contributed by atoms with Crippen LogP contribution in [-0.4, -0.2) is 11.5 Å². The molecular formula is C13H15ClN2S2. The van der Waals surface area contributed by atoms with Gasteiger partial charge in [0.1, 0.15) is 0 Å². The lowest BCUT2D eigenvalue weighted by Gasteiger charge is -2.11. The van der Waals surface area contributed by atoms with Gasteiger partial charge in [0, 0.05) is 29.3 Å². The zero-order valence-electron chi connectivity index (χ0n) is 10.2. The molecule has 96 valence electrons. The van der Waals surface area contributed by atoms with Crippen LogP contribution in [0.4, 0.5) is 0 Å². The van der Waals surface area contributed by atoms with Gasteiger partial charge in [-0.2, -0.15) is 0 Å². The van der Waals surface area contributed by atoms with Crippen molar-refractivity contribution in [2.24, 2.45) is 0 Å². The summed E-state index contributed by atoms with van der Waals surface area (Å²) in [6, 6.07) is 2.61. The number of hydrogen-bond acceptors (Lipinski definition) is 4. The van der Waals surface area contributed by atoms with Crippen molar-refractivity contribution in [1.29, 1.82) is 0 Å². The quantitative estimate of drug-likeness (QED) is 0.923. The van der Waals surface area contributed by atoms with E-state index >= 15 is 0 Å². The van der Waals surface area contributed by atoms with E-state index in [4.69, 9.17) is 11.6 Å². The molecule has 3 rings (SSSR count). The lowest BCUT2D eigenvalue weighted by atomic mass is 10.1. The molecule has 0 aliphatic heterocycles. The predicted octanol–water partition coefficient (Wildman–Crippen LogP) is 3.99. The number of nitrogens with zero attached hydrogens (tertiary/aromatic N) is 1. The normalized spacial score (nSPS) is 18.2. The molecule has 1 N–H and O–H groups in total. The molecule has 1 atom stereocenters. The molecule has 0 spiro atoms. The number of halogens is 1. The maximum Gasteiger partial charge on any atom is 0.0934 e. The Morgan fingerprint density at radius 2 is 2.44 bits per heavy atom. The standard InChI is InChI=1S/C13H15ClN2S2/c1-8-16-9(7-17-8)4-5-15-11-2-3-12-10(11)6-13(14)18-12/h6-7,11,15H,2-5H2,1H3. The highest BCUT2D eigenvalue weighted by molar-refractivity contribution is 7.16.